The number of nitrogens with zero attached hydrogens (tertiary/aromatic N) is 1. The molecular formula is C14H12N2O. The second-order valence-corrected chi connectivity index (χ2v) is 4.15. The van der Waals surface area contributed by atoms with Gasteiger partial charge < -0.3 is 9.38 Å². The molecule has 0 bridgehead atoms. The first-order chi connectivity index (χ1) is 8.24. The molecule has 0 aliphatic heterocycles. The summed E-state index contributed by atoms with van der Waals surface area (Å²) in [7, 11) is 0. The average Bonchev–Trinajstić information content (AvgIpc) is 2.74. The van der Waals surface area contributed by atoms with Gasteiger partial charge in [0.05, 0.1) is 0 Å². The van der Waals surface area contributed by atoms with Gasteiger partial charge in [0, 0.05) is 23.5 Å². The quantitative estimate of drug-likeness (QED) is 0.677. The smallest absolute Gasteiger partial charge is 0.253 e. The van der Waals surface area contributed by atoms with Crippen LogP contribution in [0.2, 0.25) is 0 Å². The van der Waals surface area contributed by atoms with Gasteiger partial charge in [-0.2, -0.15) is 0 Å². The molecule has 84 valence electrons. The molecular weight excluding hydrogens is 212 g/mol. The van der Waals surface area contributed by atoms with E-state index >= 15 is 0 Å². The third-order valence-corrected chi connectivity index (χ3v) is 2.89. The summed E-state index contributed by atoms with van der Waals surface area (Å²) in [5.41, 5.74) is 3.75. The number of aromatic amines is 1. The Labute approximate surface area is 98.4 Å². The second kappa shape index (κ2) is 3.63. The van der Waals surface area contributed by atoms with E-state index in [-0.39, 0.29) is 5.56 Å². The van der Waals surface area contributed by atoms with Crippen LogP contribution in [0.1, 0.15) is 5.56 Å². The van der Waals surface area contributed by atoms with Crippen molar-refractivity contribution >= 4 is 5.65 Å². The molecule has 0 saturated heterocycles. The van der Waals surface area contributed by atoms with Gasteiger partial charge in [-0.25, -0.2) is 0 Å². The number of hydrogen-bond donors (Lipinski definition) is 1. The zero-order valence-electron chi connectivity index (χ0n) is 9.47. The van der Waals surface area contributed by atoms with E-state index < -0.39 is 0 Å². The highest BCUT2D eigenvalue weighted by Crippen LogP contribution is 2.20. The topological polar surface area (TPSA) is 37.3 Å². The zero-order chi connectivity index (χ0) is 11.8. The SMILES string of the molecule is Cc1cn2cc(-c3ccccc3)cc2[nH]c1=O. The second-order valence-electron chi connectivity index (χ2n) is 4.15. The number of benzene rings is 1. The fourth-order valence-corrected chi connectivity index (χ4v) is 1.96. The number of fused-ring (bicyclic) bond motifs is 1. The predicted molar refractivity (Wildman–Crippen MR) is 68.2 cm³/mol. The molecule has 3 rings (SSSR count). The van der Waals surface area contributed by atoms with E-state index in [0.717, 1.165) is 16.8 Å². The van der Waals surface area contributed by atoms with Gasteiger partial charge in [0.25, 0.3) is 5.56 Å². The van der Waals surface area contributed by atoms with Gasteiger partial charge in [0.1, 0.15) is 5.65 Å². The Bertz CT molecular complexity index is 723. The van der Waals surface area contributed by atoms with Crippen LogP contribution in [0.25, 0.3) is 16.8 Å². The normalized spacial score (nSPS) is 10.9. The molecule has 1 aromatic carbocycles. The van der Waals surface area contributed by atoms with Gasteiger partial charge in [-0.15, -0.1) is 0 Å². The minimum Gasteiger partial charge on any atom is -0.309 e. The van der Waals surface area contributed by atoms with Crippen molar-refractivity contribution in [3.05, 3.63) is 64.7 Å². The maximum absolute atomic E-state index is 11.5. The third kappa shape index (κ3) is 1.65. The summed E-state index contributed by atoms with van der Waals surface area (Å²) in [5, 5.41) is 0. The Hall–Kier alpha value is -2.29. The lowest BCUT2D eigenvalue weighted by Gasteiger charge is -1.95. The van der Waals surface area contributed by atoms with Crippen LogP contribution in [0.4, 0.5) is 0 Å². The molecule has 1 N–H and O–H groups in total. The standard InChI is InChI=1S/C14H12N2O/c1-10-8-16-9-12(7-13(16)15-14(10)17)11-5-3-2-4-6-11/h2-9H,1H3,(H,15,17). The van der Waals surface area contributed by atoms with Crippen molar-refractivity contribution in [3.63, 3.8) is 0 Å². The van der Waals surface area contributed by atoms with Crippen LogP contribution in [0.15, 0.2) is 53.6 Å². The molecule has 0 saturated carbocycles. The van der Waals surface area contributed by atoms with Gasteiger partial charge in [0.15, 0.2) is 0 Å². The molecule has 0 atom stereocenters. The minimum absolute atomic E-state index is 0.0322. The van der Waals surface area contributed by atoms with Gasteiger partial charge in [-0.3, -0.25) is 4.79 Å². The van der Waals surface area contributed by atoms with Crippen LogP contribution in [0, 0.1) is 6.92 Å². The molecule has 2 aromatic heterocycles. The number of H-pyrrole nitrogens is 1. The summed E-state index contributed by atoms with van der Waals surface area (Å²) in [6, 6.07) is 12.1. The fourth-order valence-electron chi connectivity index (χ4n) is 1.96. The Balaban J connectivity index is 2.24. The van der Waals surface area contributed by atoms with E-state index in [1.807, 2.05) is 41.1 Å². The molecule has 0 amide bonds. The zero-order valence-corrected chi connectivity index (χ0v) is 9.47. The largest absolute Gasteiger partial charge is 0.309 e. The lowest BCUT2D eigenvalue weighted by atomic mass is 10.1. The summed E-state index contributed by atoms with van der Waals surface area (Å²) < 4.78 is 1.94. The van der Waals surface area contributed by atoms with Crippen LogP contribution >= 0.6 is 0 Å². The van der Waals surface area contributed by atoms with E-state index in [1.54, 1.807) is 6.92 Å². The monoisotopic (exact) mass is 224 g/mol. The third-order valence-electron chi connectivity index (χ3n) is 2.89. The molecule has 3 heteroatoms. The van der Waals surface area contributed by atoms with Crippen LogP contribution in [-0.4, -0.2) is 9.38 Å². The molecule has 0 radical (unpaired) electrons. The number of hydrogen-bond acceptors (Lipinski definition) is 1. The summed E-state index contributed by atoms with van der Waals surface area (Å²) in [6.45, 7) is 1.81. The number of nitrogens with one attached hydrogen (secondary N) is 1. The van der Waals surface area contributed by atoms with Gasteiger partial charge in [-0.05, 0) is 18.6 Å². The van der Waals surface area contributed by atoms with E-state index in [0.29, 0.717) is 5.56 Å². The van der Waals surface area contributed by atoms with Crippen molar-refractivity contribution < 1.29 is 0 Å². The van der Waals surface area contributed by atoms with E-state index in [1.165, 1.54) is 0 Å². The highest BCUT2D eigenvalue weighted by Gasteiger charge is 2.03. The molecule has 3 aromatic rings. The van der Waals surface area contributed by atoms with Crippen molar-refractivity contribution in [1.82, 2.24) is 9.38 Å². The number of aromatic nitrogens is 2. The number of aryl methyl sites for hydroxylation is 1. The van der Waals surface area contributed by atoms with Crippen LogP contribution in [-0.2, 0) is 0 Å². The maximum Gasteiger partial charge on any atom is 0.253 e. The first kappa shape index (κ1) is 9.90. The van der Waals surface area contributed by atoms with Crippen molar-refractivity contribution in [2.75, 3.05) is 0 Å². The lowest BCUT2D eigenvalue weighted by Crippen LogP contribution is -2.10. The van der Waals surface area contributed by atoms with Gasteiger partial charge in [0.2, 0.25) is 0 Å². The molecule has 0 unspecified atom stereocenters. The van der Waals surface area contributed by atoms with Crippen molar-refractivity contribution in [2.24, 2.45) is 0 Å². The Kier molecular flexibility index (Phi) is 2.11. The van der Waals surface area contributed by atoms with E-state index in [4.69, 9.17) is 0 Å². The summed E-state index contributed by atoms with van der Waals surface area (Å²) in [6.07, 6.45) is 3.87. The van der Waals surface area contributed by atoms with Crippen LogP contribution in [0.3, 0.4) is 0 Å². The van der Waals surface area contributed by atoms with E-state index in [9.17, 15) is 4.79 Å². The minimum atomic E-state index is -0.0322. The summed E-state index contributed by atoms with van der Waals surface area (Å²) in [4.78, 5) is 14.4. The highest BCUT2D eigenvalue weighted by atomic mass is 16.1. The molecule has 17 heavy (non-hydrogen) atoms. The number of rotatable bonds is 1. The Morgan fingerprint density at radius 2 is 1.82 bits per heavy atom. The lowest BCUT2D eigenvalue weighted by molar-refractivity contribution is 1.06. The fraction of sp³-hybridized carbons (Fsp3) is 0.0714. The van der Waals surface area contributed by atoms with Crippen molar-refractivity contribution in [3.8, 4) is 11.1 Å². The Morgan fingerprint density at radius 1 is 1.06 bits per heavy atom. The maximum atomic E-state index is 11.5. The highest BCUT2D eigenvalue weighted by molar-refractivity contribution is 5.68. The molecule has 0 aliphatic carbocycles. The van der Waals surface area contributed by atoms with Gasteiger partial charge in [-0.1, -0.05) is 30.3 Å². The van der Waals surface area contributed by atoms with Crippen LogP contribution in [0.5, 0.6) is 0 Å². The van der Waals surface area contributed by atoms with Crippen molar-refractivity contribution in [2.45, 2.75) is 6.92 Å². The summed E-state index contributed by atoms with van der Waals surface area (Å²) >= 11 is 0. The molecule has 0 spiro atoms. The van der Waals surface area contributed by atoms with E-state index in [2.05, 4.69) is 17.1 Å². The summed E-state index contributed by atoms with van der Waals surface area (Å²) in [5.74, 6) is 0. The van der Waals surface area contributed by atoms with Gasteiger partial charge >= 0.3 is 0 Å². The first-order valence-corrected chi connectivity index (χ1v) is 5.51. The molecule has 0 fully saturated rings. The Morgan fingerprint density at radius 3 is 2.59 bits per heavy atom. The molecule has 0 aliphatic rings. The predicted octanol–water partition coefficient (Wildman–Crippen LogP) is 2.60. The average molecular weight is 224 g/mol. The van der Waals surface area contributed by atoms with Crippen molar-refractivity contribution in [1.29, 1.82) is 0 Å². The molecule has 2 heterocycles. The molecule has 3 nitrogen and oxygen atoms in total. The van der Waals surface area contributed by atoms with Crippen LogP contribution < -0.4 is 5.56 Å². The first-order valence-electron chi connectivity index (χ1n) is 5.51.